The maximum atomic E-state index is 12.6. The average Bonchev–Trinajstić information content (AvgIpc) is 3.25. The van der Waals surface area contributed by atoms with E-state index in [9.17, 15) is 8.42 Å². The molecule has 0 unspecified atom stereocenters. The zero-order valence-electron chi connectivity index (χ0n) is 14.9. The molecule has 9 nitrogen and oxygen atoms in total. The van der Waals surface area contributed by atoms with Gasteiger partial charge < -0.3 is 9.13 Å². The molecular weight excluding hydrogens is 342 g/mol. The quantitative estimate of drug-likeness (QED) is 0.739. The number of piperidine rings is 1. The third-order valence-electron chi connectivity index (χ3n) is 4.80. The van der Waals surface area contributed by atoms with E-state index in [-0.39, 0.29) is 5.92 Å². The second-order valence-electron chi connectivity index (χ2n) is 6.39. The number of hydrogen-bond acceptors (Lipinski definition) is 5. The summed E-state index contributed by atoms with van der Waals surface area (Å²) >= 11 is 0. The summed E-state index contributed by atoms with van der Waals surface area (Å²) in [6, 6.07) is 0. The smallest absolute Gasteiger partial charge is 0.281 e. The molecule has 2 aromatic heterocycles. The summed E-state index contributed by atoms with van der Waals surface area (Å²) in [4.78, 5) is 4.03. The van der Waals surface area contributed by atoms with Crippen LogP contribution in [0.1, 0.15) is 37.3 Å². The second-order valence-corrected chi connectivity index (χ2v) is 8.42. The Morgan fingerprint density at radius 1 is 1.36 bits per heavy atom. The van der Waals surface area contributed by atoms with Gasteiger partial charge in [0.25, 0.3) is 10.2 Å². The summed E-state index contributed by atoms with van der Waals surface area (Å²) in [5, 5.41) is 8.64. The minimum absolute atomic E-state index is 0.0582. The average molecular weight is 367 g/mol. The lowest BCUT2D eigenvalue weighted by Gasteiger charge is -2.33. The molecule has 0 N–H and O–H groups in total. The minimum Gasteiger partial charge on any atom is -0.330 e. The molecule has 1 atom stereocenters. The summed E-state index contributed by atoms with van der Waals surface area (Å²) in [5.74, 6) is 1.73. The Morgan fingerprint density at radius 3 is 2.84 bits per heavy atom. The maximum Gasteiger partial charge on any atom is 0.281 e. The normalized spacial score (nSPS) is 19.6. The van der Waals surface area contributed by atoms with Gasteiger partial charge in [-0.15, -0.1) is 10.2 Å². The molecule has 1 fully saturated rings. The van der Waals surface area contributed by atoms with Crippen LogP contribution < -0.4 is 0 Å². The van der Waals surface area contributed by atoms with Gasteiger partial charge >= 0.3 is 0 Å². The molecule has 0 saturated carbocycles. The molecule has 138 valence electrons. The summed E-state index contributed by atoms with van der Waals surface area (Å²) in [6.07, 6.45) is 7.09. The van der Waals surface area contributed by atoms with Gasteiger partial charge in [0, 0.05) is 52.0 Å². The zero-order valence-corrected chi connectivity index (χ0v) is 15.7. The number of nitrogens with zero attached hydrogens (tertiary/aromatic N) is 7. The van der Waals surface area contributed by atoms with Crippen molar-refractivity contribution in [1.29, 1.82) is 0 Å². The molecule has 1 aliphatic heterocycles. The molecule has 0 amide bonds. The Balaban J connectivity index is 1.77. The van der Waals surface area contributed by atoms with Crippen molar-refractivity contribution >= 4 is 10.2 Å². The van der Waals surface area contributed by atoms with Gasteiger partial charge in [0.2, 0.25) is 0 Å². The largest absolute Gasteiger partial charge is 0.330 e. The monoisotopic (exact) mass is 367 g/mol. The lowest BCUT2D eigenvalue weighted by molar-refractivity contribution is 0.286. The number of aromatic nitrogens is 5. The van der Waals surface area contributed by atoms with Crippen molar-refractivity contribution in [2.24, 2.45) is 7.05 Å². The van der Waals surface area contributed by atoms with Crippen molar-refractivity contribution in [2.75, 3.05) is 26.7 Å². The molecular formula is C15H25N7O2S. The van der Waals surface area contributed by atoms with Crippen molar-refractivity contribution in [3.63, 3.8) is 0 Å². The highest BCUT2D eigenvalue weighted by Crippen LogP contribution is 2.28. The Kier molecular flexibility index (Phi) is 5.21. The third-order valence-corrected chi connectivity index (χ3v) is 6.83. The van der Waals surface area contributed by atoms with E-state index in [4.69, 9.17) is 0 Å². The fraction of sp³-hybridized carbons (Fsp3) is 0.667. The predicted octanol–water partition coefficient (Wildman–Crippen LogP) is 0.436. The van der Waals surface area contributed by atoms with Gasteiger partial charge in [0.1, 0.15) is 5.82 Å². The van der Waals surface area contributed by atoms with Crippen LogP contribution in [0.25, 0.3) is 0 Å². The Hall–Kier alpha value is -1.78. The molecule has 2 aromatic rings. The number of imidazole rings is 1. The van der Waals surface area contributed by atoms with E-state index in [1.54, 1.807) is 23.9 Å². The van der Waals surface area contributed by atoms with Crippen LogP contribution in [0.5, 0.6) is 0 Å². The Morgan fingerprint density at radius 2 is 2.16 bits per heavy atom. The molecule has 1 saturated heterocycles. The molecule has 0 bridgehead atoms. The first-order valence-corrected chi connectivity index (χ1v) is 9.88. The van der Waals surface area contributed by atoms with Crippen LogP contribution in [0.3, 0.4) is 0 Å². The van der Waals surface area contributed by atoms with Crippen LogP contribution in [-0.4, -0.2) is 68.0 Å². The van der Waals surface area contributed by atoms with Gasteiger partial charge in [0.15, 0.2) is 5.82 Å². The summed E-state index contributed by atoms with van der Waals surface area (Å²) < 4.78 is 32.0. The first-order chi connectivity index (χ1) is 11.9. The van der Waals surface area contributed by atoms with E-state index in [2.05, 4.69) is 15.2 Å². The molecule has 0 aliphatic carbocycles. The molecule has 0 aromatic carbocycles. The Bertz CT molecular complexity index is 800. The van der Waals surface area contributed by atoms with Gasteiger partial charge in [-0.3, -0.25) is 0 Å². The SMILES string of the molecule is CCN(C)S(=O)(=O)N1CCC[C@H](c2nnc(Cn3ccnc3)n2C)C1. The summed E-state index contributed by atoms with van der Waals surface area (Å²) in [7, 11) is 0.150. The highest BCUT2D eigenvalue weighted by molar-refractivity contribution is 7.86. The van der Waals surface area contributed by atoms with Crippen molar-refractivity contribution < 1.29 is 8.42 Å². The van der Waals surface area contributed by atoms with E-state index in [1.807, 2.05) is 29.3 Å². The topological polar surface area (TPSA) is 89.2 Å². The van der Waals surface area contributed by atoms with Crippen LogP contribution in [-0.2, 0) is 23.8 Å². The van der Waals surface area contributed by atoms with E-state index in [1.165, 1.54) is 4.31 Å². The second kappa shape index (κ2) is 7.22. The van der Waals surface area contributed by atoms with E-state index in [0.717, 1.165) is 24.5 Å². The van der Waals surface area contributed by atoms with Crippen molar-refractivity contribution in [3.8, 4) is 0 Å². The van der Waals surface area contributed by atoms with Crippen LogP contribution >= 0.6 is 0 Å². The van der Waals surface area contributed by atoms with Gasteiger partial charge in [-0.25, -0.2) is 4.98 Å². The molecule has 10 heteroatoms. The number of rotatable bonds is 6. The van der Waals surface area contributed by atoms with Crippen LogP contribution in [0.2, 0.25) is 0 Å². The first-order valence-electron chi connectivity index (χ1n) is 8.48. The van der Waals surface area contributed by atoms with Crippen molar-refractivity contribution in [2.45, 2.75) is 32.2 Å². The molecule has 3 heterocycles. The van der Waals surface area contributed by atoms with Crippen molar-refractivity contribution in [3.05, 3.63) is 30.4 Å². The molecule has 25 heavy (non-hydrogen) atoms. The Labute approximate surface area is 148 Å². The van der Waals surface area contributed by atoms with E-state index >= 15 is 0 Å². The molecule has 1 aliphatic rings. The van der Waals surface area contributed by atoms with Crippen LogP contribution in [0, 0.1) is 0 Å². The molecule has 3 rings (SSSR count). The third kappa shape index (κ3) is 3.60. The number of hydrogen-bond donors (Lipinski definition) is 0. The van der Waals surface area contributed by atoms with Crippen LogP contribution in [0.15, 0.2) is 18.7 Å². The predicted molar refractivity (Wildman–Crippen MR) is 93.1 cm³/mol. The fourth-order valence-corrected chi connectivity index (χ4v) is 4.58. The van der Waals surface area contributed by atoms with Gasteiger partial charge in [-0.2, -0.15) is 17.0 Å². The van der Waals surface area contributed by atoms with Gasteiger partial charge in [0.05, 0.1) is 12.9 Å². The highest BCUT2D eigenvalue weighted by Gasteiger charge is 2.33. The zero-order chi connectivity index (χ0) is 18.0. The van der Waals surface area contributed by atoms with Gasteiger partial charge in [-0.1, -0.05) is 6.92 Å². The maximum absolute atomic E-state index is 12.6. The molecule has 0 radical (unpaired) electrons. The highest BCUT2D eigenvalue weighted by atomic mass is 32.2. The standard InChI is InChI=1S/C15H25N7O2S/c1-4-19(2)25(23,24)22-8-5-6-13(10-22)15-18-17-14(20(15)3)11-21-9-7-16-12-21/h7,9,12-13H,4-6,8,10-11H2,1-3H3/t13-/m0/s1. The first kappa shape index (κ1) is 18.0. The van der Waals surface area contributed by atoms with Gasteiger partial charge in [-0.05, 0) is 12.8 Å². The minimum atomic E-state index is -3.40. The van der Waals surface area contributed by atoms with E-state index in [0.29, 0.717) is 26.2 Å². The summed E-state index contributed by atoms with van der Waals surface area (Å²) in [5.41, 5.74) is 0. The lowest BCUT2D eigenvalue weighted by atomic mass is 9.99. The summed E-state index contributed by atoms with van der Waals surface area (Å²) in [6.45, 7) is 3.90. The van der Waals surface area contributed by atoms with Crippen LogP contribution in [0.4, 0.5) is 0 Å². The lowest BCUT2D eigenvalue weighted by Crippen LogP contribution is -2.46. The fourth-order valence-electron chi connectivity index (χ4n) is 3.14. The molecule has 0 spiro atoms. The van der Waals surface area contributed by atoms with Crippen molar-refractivity contribution in [1.82, 2.24) is 32.9 Å². The van der Waals surface area contributed by atoms with E-state index < -0.39 is 10.2 Å².